The van der Waals surface area contributed by atoms with Crippen LogP contribution in [0.4, 0.5) is 16.2 Å². The highest BCUT2D eigenvalue weighted by Crippen LogP contribution is 2.25. The van der Waals surface area contributed by atoms with Crippen LogP contribution in [0.25, 0.3) is 0 Å². The number of amidine groups is 1. The van der Waals surface area contributed by atoms with Crippen LogP contribution in [-0.2, 0) is 9.47 Å². The Kier molecular flexibility index (Phi) is 3.76. The Morgan fingerprint density at radius 2 is 1.90 bits per heavy atom. The van der Waals surface area contributed by atoms with E-state index >= 15 is 0 Å². The summed E-state index contributed by atoms with van der Waals surface area (Å²) in [5, 5.41) is 7.89. The van der Waals surface area contributed by atoms with Gasteiger partial charge in [-0.3, -0.25) is 10.3 Å². The summed E-state index contributed by atoms with van der Waals surface area (Å²) in [6.45, 7) is 2.41. The molecule has 2 saturated heterocycles. The van der Waals surface area contributed by atoms with Crippen molar-refractivity contribution in [2.75, 3.05) is 42.6 Å². The number of carbonyl (C=O) groups is 1. The molecule has 0 bridgehead atoms. The second-order valence-corrected chi connectivity index (χ2v) is 5.02. The van der Waals surface area contributed by atoms with Gasteiger partial charge in [0.05, 0.1) is 13.2 Å². The van der Waals surface area contributed by atoms with Crippen molar-refractivity contribution in [3.63, 3.8) is 0 Å². The highest BCUT2D eigenvalue weighted by atomic mass is 16.6. The Hall–Kier alpha value is -2.12. The molecule has 0 radical (unpaired) electrons. The molecule has 0 aliphatic carbocycles. The smallest absolute Gasteiger partial charge is 0.414 e. The van der Waals surface area contributed by atoms with Crippen LogP contribution in [0.1, 0.15) is 0 Å². The molecule has 2 aliphatic heterocycles. The van der Waals surface area contributed by atoms with E-state index < -0.39 is 0 Å². The number of carbonyl (C=O) groups excluding carboxylic acids is 1. The van der Waals surface area contributed by atoms with Crippen LogP contribution in [0, 0.1) is 5.41 Å². The second-order valence-electron chi connectivity index (χ2n) is 5.02. The first kappa shape index (κ1) is 13.8. The maximum absolute atomic E-state index is 11.8. The van der Waals surface area contributed by atoms with Crippen LogP contribution in [0.15, 0.2) is 24.3 Å². The number of cyclic esters (lactones) is 1. The minimum absolute atomic E-state index is 0.246. The number of rotatable bonds is 3. The van der Waals surface area contributed by atoms with Crippen molar-refractivity contribution in [3.05, 3.63) is 24.3 Å². The molecule has 2 heterocycles. The summed E-state index contributed by atoms with van der Waals surface area (Å²) in [6, 6.07) is 7.52. The van der Waals surface area contributed by atoms with Gasteiger partial charge in [-0.1, -0.05) is 0 Å². The Balaban J connectivity index is 1.75. The molecular formula is C14H18N4O3. The van der Waals surface area contributed by atoms with Gasteiger partial charge in [0.25, 0.3) is 0 Å². The van der Waals surface area contributed by atoms with Gasteiger partial charge in [0.1, 0.15) is 18.5 Å². The van der Waals surface area contributed by atoms with Crippen molar-refractivity contribution < 1.29 is 14.3 Å². The number of ether oxygens (including phenoxy) is 2. The van der Waals surface area contributed by atoms with Crippen LogP contribution in [-0.4, -0.2) is 50.9 Å². The Morgan fingerprint density at radius 3 is 2.48 bits per heavy atom. The number of amides is 1. The average molecular weight is 290 g/mol. The van der Waals surface area contributed by atoms with Crippen molar-refractivity contribution in [1.82, 2.24) is 0 Å². The zero-order valence-electron chi connectivity index (χ0n) is 11.6. The normalized spacial score (nSPS) is 22.6. The van der Waals surface area contributed by atoms with E-state index in [2.05, 4.69) is 0 Å². The molecule has 0 saturated carbocycles. The van der Waals surface area contributed by atoms with Crippen LogP contribution in [0.2, 0.25) is 0 Å². The minimum Gasteiger partial charge on any atom is -0.443 e. The minimum atomic E-state index is -0.364. The number of hydrogen-bond donors (Lipinski definition) is 2. The Bertz CT molecular complexity index is 546. The van der Waals surface area contributed by atoms with E-state index in [9.17, 15) is 4.79 Å². The molecule has 3 N–H and O–H groups in total. The standard InChI is InChI=1S/C14H18N4O3/c15-7-12-8-18(14(19)21-12)11-3-1-10(2-4-11)17-5-6-20-9-13(17)16/h1-4,12,16H,5-9,15H2/t12-/m0/s1. The fourth-order valence-electron chi connectivity index (χ4n) is 2.49. The topological polar surface area (TPSA) is 91.9 Å². The predicted octanol–water partition coefficient (Wildman–Crippen LogP) is 0.784. The first-order valence-corrected chi connectivity index (χ1v) is 6.90. The first-order chi connectivity index (χ1) is 10.2. The predicted molar refractivity (Wildman–Crippen MR) is 79.0 cm³/mol. The average Bonchev–Trinajstić information content (AvgIpc) is 2.89. The third kappa shape index (κ3) is 2.70. The lowest BCUT2D eigenvalue weighted by Crippen LogP contribution is -2.41. The molecule has 1 aromatic rings. The Morgan fingerprint density at radius 1 is 1.24 bits per heavy atom. The van der Waals surface area contributed by atoms with Crippen molar-refractivity contribution in [3.8, 4) is 0 Å². The van der Waals surface area contributed by atoms with Gasteiger partial charge in [0.15, 0.2) is 0 Å². The highest BCUT2D eigenvalue weighted by Gasteiger charge is 2.31. The maximum Gasteiger partial charge on any atom is 0.414 e. The zero-order valence-corrected chi connectivity index (χ0v) is 11.6. The third-order valence-electron chi connectivity index (χ3n) is 3.63. The number of benzene rings is 1. The fourth-order valence-corrected chi connectivity index (χ4v) is 2.49. The van der Waals surface area contributed by atoms with Crippen LogP contribution in [0.3, 0.4) is 0 Å². The van der Waals surface area contributed by atoms with E-state index in [4.69, 9.17) is 20.6 Å². The van der Waals surface area contributed by atoms with Crippen molar-refractivity contribution >= 4 is 23.3 Å². The summed E-state index contributed by atoms with van der Waals surface area (Å²) >= 11 is 0. The first-order valence-electron chi connectivity index (χ1n) is 6.90. The van der Waals surface area contributed by atoms with E-state index in [-0.39, 0.29) is 12.2 Å². The van der Waals surface area contributed by atoms with Crippen LogP contribution < -0.4 is 15.5 Å². The maximum atomic E-state index is 11.8. The van der Waals surface area contributed by atoms with E-state index in [1.54, 1.807) is 4.90 Å². The van der Waals surface area contributed by atoms with Gasteiger partial charge in [0.2, 0.25) is 0 Å². The van der Waals surface area contributed by atoms with Crippen LogP contribution in [0.5, 0.6) is 0 Å². The molecule has 7 nitrogen and oxygen atoms in total. The fraction of sp³-hybridized carbons (Fsp3) is 0.429. The number of nitrogens with one attached hydrogen (secondary N) is 1. The van der Waals surface area contributed by atoms with Crippen molar-refractivity contribution in [2.24, 2.45) is 5.73 Å². The van der Waals surface area contributed by atoms with E-state index in [0.717, 1.165) is 11.4 Å². The molecule has 3 rings (SSSR count). The van der Waals surface area contributed by atoms with Crippen LogP contribution >= 0.6 is 0 Å². The molecule has 1 aromatic carbocycles. The largest absolute Gasteiger partial charge is 0.443 e. The lowest BCUT2D eigenvalue weighted by atomic mass is 10.2. The third-order valence-corrected chi connectivity index (χ3v) is 3.63. The molecule has 0 aromatic heterocycles. The number of morpholine rings is 1. The second kappa shape index (κ2) is 5.71. The zero-order chi connectivity index (χ0) is 14.8. The van der Waals surface area contributed by atoms with Gasteiger partial charge in [-0.25, -0.2) is 4.79 Å². The monoisotopic (exact) mass is 290 g/mol. The van der Waals surface area contributed by atoms with E-state index in [1.165, 1.54) is 0 Å². The molecule has 2 fully saturated rings. The summed E-state index contributed by atoms with van der Waals surface area (Å²) in [5.74, 6) is 0.442. The number of nitrogens with two attached hydrogens (primary N) is 1. The summed E-state index contributed by atoms with van der Waals surface area (Å²) in [6.07, 6.45) is -0.609. The van der Waals surface area contributed by atoms with Gasteiger partial charge in [-0.05, 0) is 24.3 Å². The molecule has 21 heavy (non-hydrogen) atoms. The summed E-state index contributed by atoms with van der Waals surface area (Å²) in [7, 11) is 0. The quantitative estimate of drug-likeness (QED) is 0.858. The molecular weight excluding hydrogens is 272 g/mol. The number of hydrogen-bond acceptors (Lipinski definition) is 5. The molecule has 1 atom stereocenters. The van der Waals surface area contributed by atoms with Gasteiger partial charge in [-0.2, -0.15) is 0 Å². The number of anilines is 2. The molecule has 2 aliphatic rings. The SMILES string of the molecule is N=C1COCCN1c1ccc(N2C[C@H](CN)OC2=O)cc1. The van der Waals surface area contributed by atoms with Crippen molar-refractivity contribution in [2.45, 2.75) is 6.10 Å². The van der Waals surface area contributed by atoms with E-state index in [0.29, 0.717) is 38.7 Å². The lowest BCUT2D eigenvalue weighted by Gasteiger charge is -2.29. The lowest BCUT2D eigenvalue weighted by molar-refractivity contribution is 0.145. The van der Waals surface area contributed by atoms with Crippen molar-refractivity contribution in [1.29, 1.82) is 5.41 Å². The molecule has 1 amide bonds. The molecule has 0 spiro atoms. The van der Waals surface area contributed by atoms with Gasteiger partial charge >= 0.3 is 6.09 Å². The summed E-state index contributed by atoms with van der Waals surface area (Å²) in [5.41, 5.74) is 7.23. The molecule has 7 heteroatoms. The Labute approximate surface area is 122 Å². The van der Waals surface area contributed by atoms with Gasteiger partial charge in [-0.15, -0.1) is 0 Å². The highest BCUT2D eigenvalue weighted by molar-refractivity contribution is 5.97. The summed E-state index contributed by atoms with van der Waals surface area (Å²) in [4.78, 5) is 15.2. The summed E-state index contributed by atoms with van der Waals surface area (Å²) < 4.78 is 10.4. The molecule has 0 unspecified atom stereocenters. The van der Waals surface area contributed by atoms with Gasteiger partial charge in [0, 0.05) is 24.5 Å². The molecule has 112 valence electrons. The van der Waals surface area contributed by atoms with E-state index in [1.807, 2.05) is 29.2 Å². The van der Waals surface area contributed by atoms with Gasteiger partial charge < -0.3 is 20.1 Å². The number of nitrogens with zero attached hydrogens (tertiary/aromatic N) is 2.